The fourth-order valence-electron chi connectivity index (χ4n) is 1.85. The van der Waals surface area contributed by atoms with Gasteiger partial charge in [0.25, 0.3) is 0 Å². The molecule has 0 saturated carbocycles. The maximum absolute atomic E-state index is 10.5. The summed E-state index contributed by atoms with van der Waals surface area (Å²) in [4.78, 5) is 10.5. The molecule has 5 heteroatoms. The minimum absolute atomic E-state index is 0.00839. The molecule has 0 radical (unpaired) electrons. The highest BCUT2D eigenvalue weighted by Gasteiger charge is 2.18. The lowest BCUT2D eigenvalue weighted by molar-refractivity contribution is -0.137. The summed E-state index contributed by atoms with van der Waals surface area (Å²) < 4.78 is 0.615. The van der Waals surface area contributed by atoms with Crippen molar-refractivity contribution in [2.75, 3.05) is 0 Å². The Balaban J connectivity index is 3.05. The number of carboxylic acids is 1. The second-order valence-electron chi connectivity index (χ2n) is 4.13. The summed E-state index contributed by atoms with van der Waals surface area (Å²) in [6.45, 7) is 3.73. The highest BCUT2D eigenvalue weighted by molar-refractivity contribution is 9.10. The quantitative estimate of drug-likeness (QED) is 0.798. The van der Waals surface area contributed by atoms with E-state index in [-0.39, 0.29) is 12.2 Å². The smallest absolute Gasteiger partial charge is 0.303 e. The van der Waals surface area contributed by atoms with E-state index in [9.17, 15) is 9.90 Å². The van der Waals surface area contributed by atoms with Gasteiger partial charge in [0.15, 0.2) is 0 Å². The van der Waals surface area contributed by atoms with E-state index in [4.69, 9.17) is 10.8 Å². The number of aryl methyl sites for hydroxylation is 2. The Kier molecular flexibility index (Phi) is 4.54. The number of phenols is 1. The van der Waals surface area contributed by atoms with Crippen molar-refractivity contribution in [1.82, 2.24) is 0 Å². The molecule has 1 aromatic rings. The predicted octanol–water partition coefficient (Wildman–Crippen LogP) is 2.64. The van der Waals surface area contributed by atoms with E-state index < -0.39 is 12.0 Å². The van der Waals surface area contributed by atoms with Crippen LogP contribution in [0.1, 0.15) is 35.6 Å². The van der Waals surface area contributed by atoms with Crippen molar-refractivity contribution in [3.63, 3.8) is 0 Å². The second kappa shape index (κ2) is 5.51. The van der Waals surface area contributed by atoms with Gasteiger partial charge in [-0.25, -0.2) is 0 Å². The van der Waals surface area contributed by atoms with Gasteiger partial charge in [-0.1, -0.05) is 6.07 Å². The van der Waals surface area contributed by atoms with Crippen LogP contribution < -0.4 is 5.73 Å². The van der Waals surface area contributed by atoms with E-state index in [1.165, 1.54) is 0 Å². The van der Waals surface area contributed by atoms with Crippen LogP contribution in [0, 0.1) is 13.8 Å². The molecule has 0 spiro atoms. The summed E-state index contributed by atoms with van der Waals surface area (Å²) in [6.07, 6.45) is 0.296. The van der Waals surface area contributed by atoms with Crippen LogP contribution in [0.5, 0.6) is 5.75 Å². The lowest BCUT2D eigenvalue weighted by atomic mass is 9.95. The lowest BCUT2D eigenvalue weighted by Crippen LogP contribution is -2.14. The third-order valence-corrected chi connectivity index (χ3v) is 3.71. The molecule has 0 heterocycles. The Morgan fingerprint density at radius 2 is 2.06 bits per heavy atom. The first-order valence-corrected chi connectivity index (χ1v) is 6.09. The molecule has 94 valence electrons. The number of aromatic hydroxyl groups is 1. The number of aliphatic carboxylic acids is 1. The number of carboxylic acid groups (broad SMARTS) is 1. The van der Waals surface area contributed by atoms with E-state index in [1.807, 2.05) is 19.9 Å². The monoisotopic (exact) mass is 301 g/mol. The molecule has 17 heavy (non-hydrogen) atoms. The molecule has 0 bridgehead atoms. The highest BCUT2D eigenvalue weighted by Crippen LogP contribution is 2.37. The van der Waals surface area contributed by atoms with Crippen molar-refractivity contribution in [1.29, 1.82) is 0 Å². The number of nitrogens with two attached hydrogens (primary N) is 1. The lowest BCUT2D eigenvalue weighted by Gasteiger charge is -2.18. The van der Waals surface area contributed by atoms with Gasteiger partial charge in [0, 0.05) is 18.0 Å². The van der Waals surface area contributed by atoms with Gasteiger partial charge in [0.1, 0.15) is 5.75 Å². The molecule has 0 aromatic heterocycles. The average Bonchev–Trinajstić information content (AvgIpc) is 2.23. The van der Waals surface area contributed by atoms with Gasteiger partial charge in [-0.2, -0.15) is 0 Å². The molecule has 0 aliphatic carbocycles. The zero-order valence-electron chi connectivity index (χ0n) is 9.83. The summed E-state index contributed by atoms with van der Waals surface area (Å²) in [5.41, 5.74) is 8.34. The molecule has 1 atom stereocenters. The summed E-state index contributed by atoms with van der Waals surface area (Å²) in [7, 11) is 0. The van der Waals surface area contributed by atoms with E-state index in [2.05, 4.69) is 15.9 Å². The number of rotatable bonds is 4. The van der Waals surface area contributed by atoms with Gasteiger partial charge >= 0.3 is 5.97 Å². The number of carbonyl (C=O) groups is 1. The Morgan fingerprint density at radius 3 is 2.59 bits per heavy atom. The van der Waals surface area contributed by atoms with Crippen LogP contribution in [0.2, 0.25) is 0 Å². The molecule has 1 aromatic carbocycles. The van der Waals surface area contributed by atoms with E-state index in [0.29, 0.717) is 16.5 Å². The average molecular weight is 302 g/mol. The van der Waals surface area contributed by atoms with E-state index >= 15 is 0 Å². The Morgan fingerprint density at radius 1 is 1.47 bits per heavy atom. The molecule has 0 amide bonds. The van der Waals surface area contributed by atoms with Crippen LogP contribution in [-0.2, 0) is 4.79 Å². The first-order chi connectivity index (χ1) is 7.84. The summed E-state index contributed by atoms with van der Waals surface area (Å²) >= 11 is 3.29. The number of phenolic OH excluding ortho intramolecular Hbond substituents is 1. The number of halogens is 1. The number of hydrogen-bond acceptors (Lipinski definition) is 3. The Hall–Kier alpha value is -1.07. The Bertz CT molecular complexity index is 446. The molecular weight excluding hydrogens is 286 g/mol. The van der Waals surface area contributed by atoms with Gasteiger partial charge in [-0.05, 0) is 47.3 Å². The zero-order chi connectivity index (χ0) is 13.2. The van der Waals surface area contributed by atoms with E-state index in [0.717, 1.165) is 11.1 Å². The van der Waals surface area contributed by atoms with Gasteiger partial charge in [0.2, 0.25) is 0 Å². The molecule has 0 saturated heterocycles. The van der Waals surface area contributed by atoms with Crippen LogP contribution in [0.4, 0.5) is 0 Å². The van der Waals surface area contributed by atoms with Gasteiger partial charge in [-0.15, -0.1) is 0 Å². The molecular formula is C12H16BrNO3. The fraction of sp³-hybridized carbons (Fsp3) is 0.417. The fourth-order valence-corrected chi connectivity index (χ4v) is 2.18. The van der Waals surface area contributed by atoms with Crippen LogP contribution in [-0.4, -0.2) is 16.2 Å². The number of hydrogen-bond donors (Lipinski definition) is 3. The SMILES string of the molecule is Cc1cc(C)c(C(N)CCC(=O)O)c(O)c1Br. The maximum atomic E-state index is 10.5. The summed E-state index contributed by atoms with van der Waals surface area (Å²) in [5, 5.41) is 18.6. The normalized spacial score (nSPS) is 12.5. The second-order valence-corrected chi connectivity index (χ2v) is 4.92. The van der Waals surface area contributed by atoms with Crippen LogP contribution >= 0.6 is 15.9 Å². The zero-order valence-corrected chi connectivity index (χ0v) is 11.4. The predicted molar refractivity (Wildman–Crippen MR) is 69.1 cm³/mol. The van der Waals surface area contributed by atoms with Crippen LogP contribution in [0.15, 0.2) is 10.5 Å². The topological polar surface area (TPSA) is 83.6 Å². The largest absolute Gasteiger partial charge is 0.506 e. The van der Waals surface area contributed by atoms with Crippen molar-refractivity contribution in [2.45, 2.75) is 32.7 Å². The molecule has 0 aliphatic rings. The van der Waals surface area contributed by atoms with Crippen LogP contribution in [0.25, 0.3) is 0 Å². The minimum Gasteiger partial charge on any atom is -0.506 e. The molecule has 0 aliphatic heterocycles. The van der Waals surface area contributed by atoms with Crippen molar-refractivity contribution in [2.24, 2.45) is 5.73 Å². The Labute approximate surface area is 109 Å². The highest BCUT2D eigenvalue weighted by atomic mass is 79.9. The minimum atomic E-state index is -0.885. The molecule has 1 rings (SSSR count). The molecule has 4 nitrogen and oxygen atoms in total. The summed E-state index contributed by atoms with van der Waals surface area (Å²) in [6, 6.07) is 1.45. The standard InChI is InChI=1S/C12H16BrNO3/c1-6-5-7(2)11(13)12(17)10(6)8(14)3-4-9(15)16/h5,8,17H,3-4,14H2,1-2H3,(H,15,16). The van der Waals surface area contributed by atoms with Crippen molar-refractivity contribution in [3.05, 3.63) is 27.2 Å². The van der Waals surface area contributed by atoms with E-state index in [1.54, 1.807) is 0 Å². The van der Waals surface area contributed by atoms with Crippen molar-refractivity contribution < 1.29 is 15.0 Å². The third kappa shape index (κ3) is 3.20. The third-order valence-electron chi connectivity index (χ3n) is 2.71. The molecule has 1 unspecified atom stereocenters. The van der Waals surface area contributed by atoms with Gasteiger partial charge in [0.05, 0.1) is 4.47 Å². The van der Waals surface area contributed by atoms with Gasteiger partial charge < -0.3 is 15.9 Å². The van der Waals surface area contributed by atoms with Crippen molar-refractivity contribution in [3.8, 4) is 5.75 Å². The first kappa shape index (κ1) is 14.0. The molecule has 0 fully saturated rings. The molecule has 4 N–H and O–H groups in total. The summed E-state index contributed by atoms with van der Waals surface area (Å²) in [5.74, 6) is -0.774. The van der Waals surface area contributed by atoms with Crippen molar-refractivity contribution >= 4 is 21.9 Å². The number of benzene rings is 1. The first-order valence-electron chi connectivity index (χ1n) is 5.30. The van der Waals surface area contributed by atoms with Gasteiger partial charge in [-0.3, -0.25) is 4.79 Å². The van der Waals surface area contributed by atoms with Crippen LogP contribution in [0.3, 0.4) is 0 Å². The maximum Gasteiger partial charge on any atom is 0.303 e.